The van der Waals surface area contributed by atoms with Crippen LogP contribution in [-0.2, 0) is 29.7 Å². The monoisotopic (exact) mass is 925 g/mol. The maximum atomic E-state index is 11.7. The van der Waals surface area contributed by atoms with E-state index in [9.17, 15) is 9.59 Å². The quantitative estimate of drug-likeness (QED) is 0.0959. The number of aromatic nitrogens is 2. The van der Waals surface area contributed by atoms with Crippen molar-refractivity contribution in [2.45, 2.75) is 114 Å². The number of fused-ring (bicyclic) bond motifs is 2. The number of carbonyl (C=O) groups is 2. The second kappa shape index (κ2) is 21.8. The average Bonchev–Trinajstić information content (AvgIpc) is 3.14. The molecule has 5 heteroatoms. The number of rotatable bonds is 11. The molecular formula is C51H60IrN2O2-2. The van der Waals surface area contributed by atoms with Crippen LogP contribution in [0.15, 0.2) is 85.2 Å². The molecule has 0 unspecified atom stereocenters. The first kappa shape index (κ1) is 46.1. The first-order valence-corrected chi connectivity index (χ1v) is 20.1. The Balaban J connectivity index is 0.000000227. The van der Waals surface area contributed by atoms with Gasteiger partial charge in [0, 0.05) is 44.3 Å². The van der Waals surface area contributed by atoms with Gasteiger partial charge in [-0.05, 0) is 89.2 Å². The fourth-order valence-corrected chi connectivity index (χ4v) is 7.28. The van der Waals surface area contributed by atoms with E-state index in [0.29, 0.717) is 5.92 Å². The number of hydrogen-bond donors (Lipinski definition) is 0. The van der Waals surface area contributed by atoms with Crippen molar-refractivity contribution in [2.24, 2.45) is 11.8 Å². The zero-order chi connectivity index (χ0) is 40.2. The fourth-order valence-electron chi connectivity index (χ4n) is 7.28. The van der Waals surface area contributed by atoms with Crippen molar-refractivity contribution < 1.29 is 29.7 Å². The number of Topliss-reactive ketones (excluding diaryl/α,β-unsaturated/α-hetero) is 2. The van der Waals surface area contributed by atoms with E-state index in [1.54, 1.807) is 0 Å². The van der Waals surface area contributed by atoms with Gasteiger partial charge in [0.05, 0.1) is 6.42 Å². The molecule has 2 heterocycles. The molecule has 0 atom stereocenters. The van der Waals surface area contributed by atoms with Crippen LogP contribution in [0, 0.1) is 58.6 Å². The molecule has 0 bridgehead atoms. The van der Waals surface area contributed by atoms with Crippen LogP contribution in [0.2, 0.25) is 0 Å². The van der Waals surface area contributed by atoms with Gasteiger partial charge in [-0.15, -0.1) is 69.8 Å². The van der Waals surface area contributed by atoms with E-state index < -0.39 is 0 Å². The van der Waals surface area contributed by atoms with E-state index in [1.165, 1.54) is 43.8 Å². The van der Waals surface area contributed by atoms with Crippen LogP contribution in [0.5, 0.6) is 0 Å². The largest absolute Gasteiger partial charge is 0.304 e. The molecule has 4 nitrogen and oxygen atoms in total. The van der Waals surface area contributed by atoms with Crippen LogP contribution in [0.25, 0.3) is 44.1 Å². The van der Waals surface area contributed by atoms with Crippen molar-refractivity contribution in [1.82, 2.24) is 9.97 Å². The molecule has 2 aromatic heterocycles. The summed E-state index contributed by atoms with van der Waals surface area (Å²) in [6.07, 6.45) is 7.34. The molecule has 0 N–H and O–H groups in total. The van der Waals surface area contributed by atoms with Gasteiger partial charge in [0.1, 0.15) is 11.6 Å². The van der Waals surface area contributed by atoms with E-state index in [-0.39, 0.29) is 49.9 Å². The number of ketones is 2. The van der Waals surface area contributed by atoms with E-state index in [4.69, 9.17) is 0 Å². The third kappa shape index (κ3) is 12.3. The molecule has 56 heavy (non-hydrogen) atoms. The van der Waals surface area contributed by atoms with Gasteiger partial charge in [-0.3, -0.25) is 9.59 Å². The van der Waals surface area contributed by atoms with Crippen molar-refractivity contribution in [3.63, 3.8) is 0 Å². The average molecular weight is 925 g/mol. The van der Waals surface area contributed by atoms with Crippen molar-refractivity contribution in [3.05, 3.63) is 131 Å². The molecule has 297 valence electrons. The summed E-state index contributed by atoms with van der Waals surface area (Å²) >= 11 is 0. The minimum atomic E-state index is 0. The molecule has 0 aliphatic rings. The minimum Gasteiger partial charge on any atom is -0.304 e. The zero-order valence-electron chi connectivity index (χ0n) is 35.4. The van der Waals surface area contributed by atoms with E-state index in [1.807, 2.05) is 40.1 Å². The second-order valence-electron chi connectivity index (χ2n) is 15.3. The molecule has 0 spiro atoms. The topological polar surface area (TPSA) is 59.9 Å². The van der Waals surface area contributed by atoms with Gasteiger partial charge in [-0.2, -0.15) is 0 Å². The second-order valence-corrected chi connectivity index (χ2v) is 15.3. The van der Waals surface area contributed by atoms with Gasteiger partial charge in [-0.25, -0.2) is 0 Å². The zero-order valence-corrected chi connectivity index (χ0v) is 37.8. The Morgan fingerprint density at radius 2 is 0.982 bits per heavy atom. The third-order valence-electron chi connectivity index (χ3n) is 10.4. The van der Waals surface area contributed by atoms with Crippen LogP contribution < -0.4 is 0 Å². The van der Waals surface area contributed by atoms with Crippen molar-refractivity contribution in [3.8, 4) is 22.5 Å². The molecule has 4 aromatic carbocycles. The molecule has 0 aliphatic heterocycles. The smallest absolute Gasteiger partial charge is 0.143 e. The van der Waals surface area contributed by atoms with E-state index >= 15 is 0 Å². The number of aryl methyl sites for hydroxylation is 5. The first-order chi connectivity index (χ1) is 26.3. The number of hydrogen-bond acceptors (Lipinski definition) is 4. The molecule has 6 rings (SSSR count). The summed E-state index contributed by atoms with van der Waals surface area (Å²) in [5.74, 6) is 0.985. The summed E-state index contributed by atoms with van der Waals surface area (Å²) in [4.78, 5) is 32.6. The van der Waals surface area contributed by atoms with Crippen LogP contribution >= 0.6 is 0 Å². The number of benzene rings is 4. The number of pyridine rings is 2. The number of carbonyl (C=O) groups excluding carboxylic acids is 2. The van der Waals surface area contributed by atoms with Crippen LogP contribution in [0.1, 0.15) is 113 Å². The summed E-state index contributed by atoms with van der Waals surface area (Å²) in [5.41, 5.74) is 11.6. The summed E-state index contributed by atoms with van der Waals surface area (Å²) in [6.45, 7) is 23.0. The van der Waals surface area contributed by atoms with Crippen molar-refractivity contribution >= 4 is 33.1 Å². The molecule has 0 amide bonds. The predicted octanol–water partition coefficient (Wildman–Crippen LogP) is 13.5. The molecular weight excluding hydrogens is 865 g/mol. The van der Waals surface area contributed by atoms with Gasteiger partial charge in [0.2, 0.25) is 0 Å². The van der Waals surface area contributed by atoms with Gasteiger partial charge >= 0.3 is 0 Å². The van der Waals surface area contributed by atoms with Gasteiger partial charge in [0.15, 0.2) is 0 Å². The summed E-state index contributed by atoms with van der Waals surface area (Å²) < 4.78 is 0. The summed E-state index contributed by atoms with van der Waals surface area (Å²) in [7, 11) is 0. The van der Waals surface area contributed by atoms with Gasteiger partial charge in [0.25, 0.3) is 0 Å². The Morgan fingerprint density at radius 3 is 1.39 bits per heavy atom. The van der Waals surface area contributed by atoms with Gasteiger partial charge in [-0.1, -0.05) is 111 Å². The first-order valence-electron chi connectivity index (χ1n) is 20.1. The summed E-state index contributed by atoms with van der Waals surface area (Å²) in [5, 5.41) is 4.87. The summed E-state index contributed by atoms with van der Waals surface area (Å²) in [6, 6.07) is 32.7. The Morgan fingerprint density at radius 1 is 0.554 bits per heavy atom. The molecule has 1 radical (unpaired) electrons. The van der Waals surface area contributed by atoms with Gasteiger partial charge < -0.3 is 9.97 Å². The third-order valence-corrected chi connectivity index (χ3v) is 10.4. The molecule has 0 fully saturated rings. The molecule has 0 aliphatic carbocycles. The van der Waals surface area contributed by atoms with E-state index in [2.05, 4.69) is 143 Å². The normalized spacial score (nSPS) is 10.9. The Kier molecular flexibility index (Phi) is 18.0. The van der Waals surface area contributed by atoms with E-state index in [0.717, 1.165) is 59.3 Å². The minimum absolute atomic E-state index is 0. The SMILES string of the molecule is CCC(CC)C(=O)CC(=O)C(CC)CC.Cc1[c-]c(-c2nccc3cc(C(C)C)ccc23)cc(C)c1.Cc1[c-]c(-c2nccc3cc(C)ccc23)cc(C)c1.[Ir]. The van der Waals surface area contributed by atoms with Crippen molar-refractivity contribution in [1.29, 1.82) is 0 Å². The Hall–Kier alpha value is -4.31. The Labute approximate surface area is 350 Å². The maximum Gasteiger partial charge on any atom is 0.143 e. The standard InChI is InChI=1S/C20H20N.C18H16N.C13H24O2.Ir/c1-13(2)16-5-6-19-17(12-16)7-8-21-20(19)18-10-14(3)9-15(4)11-18;1-12-4-5-17-15(9-12)6-7-19-18(17)16-10-13(2)8-14(3)11-16;1-5-10(6-2)12(14)9-13(15)11(7-3)8-4;/h5-10,12-13H,1-4H3;4-10H,1-3H3;10-11H,5-9H2,1-4H3;/q2*-1;;. The molecule has 6 aromatic rings. The Bertz CT molecular complexity index is 2170. The predicted molar refractivity (Wildman–Crippen MR) is 233 cm³/mol. The fraction of sp³-hybridized carbons (Fsp3) is 0.373. The molecule has 0 saturated heterocycles. The number of nitrogens with zero attached hydrogens (tertiary/aromatic N) is 2. The van der Waals surface area contributed by atoms with Crippen LogP contribution in [-0.4, -0.2) is 21.5 Å². The van der Waals surface area contributed by atoms with Crippen LogP contribution in [0.4, 0.5) is 0 Å². The maximum absolute atomic E-state index is 11.7. The van der Waals surface area contributed by atoms with Crippen molar-refractivity contribution in [2.75, 3.05) is 0 Å². The van der Waals surface area contributed by atoms with Crippen LogP contribution in [0.3, 0.4) is 0 Å². The molecule has 0 saturated carbocycles.